The molecule has 0 aliphatic carbocycles. The Kier molecular flexibility index (Phi) is 4.17. The first-order valence-corrected chi connectivity index (χ1v) is 8.49. The summed E-state index contributed by atoms with van der Waals surface area (Å²) in [6.45, 7) is 1.41. The Labute approximate surface area is 148 Å². The van der Waals surface area contributed by atoms with E-state index in [1.165, 1.54) is 5.56 Å². The number of ketones is 1. The first kappa shape index (κ1) is 15.4. The predicted octanol–water partition coefficient (Wildman–Crippen LogP) is 4.97. The molecule has 1 heterocycles. The van der Waals surface area contributed by atoms with Crippen LogP contribution in [0.2, 0.25) is 0 Å². The van der Waals surface area contributed by atoms with Gasteiger partial charge < -0.3 is 4.90 Å². The van der Waals surface area contributed by atoms with Gasteiger partial charge in [-0.3, -0.25) is 4.79 Å². The van der Waals surface area contributed by atoms with Crippen molar-refractivity contribution in [3.63, 3.8) is 0 Å². The molecule has 0 bridgehead atoms. The average molecular weight is 325 g/mol. The molecule has 0 unspecified atom stereocenters. The van der Waals surface area contributed by atoms with E-state index in [0.717, 1.165) is 28.9 Å². The molecule has 1 aliphatic heterocycles. The Bertz CT molecular complexity index is 913. The number of anilines is 1. The number of para-hydroxylation sites is 1. The van der Waals surface area contributed by atoms with Crippen molar-refractivity contribution in [2.75, 3.05) is 11.4 Å². The molecule has 0 fully saturated rings. The highest BCUT2D eigenvalue weighted by molar-refractivity contribution is 6.16. The molecule has 0 atom stereocenters. The van der Waals surface area contributed by atoms with Crippen LogP contribution in [-0.2, 0) is 6.54 Å². The Balaban J connectivity index is 1.73. The third kappa shape index (κ3) is 3.24. The van der Waals surface area contributed by atoms with Crippen molar-refractivity contribution in [3.05, 3.63) is 107 Å². The SMILES string of the molecule is O=C1/C(=C\c2ccccc2)CN(Cc2ccccc2)c2ccccc21. The van der Waals surface area contributed by atoms with Gasteiger partial charge in [-0.25, -0.2) is 0 Å². The zero-order valence-electron chi connectivity index (χ0n) is 13.9. The van der Waals surface area contributed by atoms with E-state index in [9.17, 15) is 4.79 Å². The summed E-state index contributed by atoms with van der Waals surface area (Å²) < 4.78 is 0. The van der Waals surface area contributed by atoms with Crippen molar-refractivity contribution >= 4 is 17.5 Å². The number of benzene rings is 3. The Morgan fingerprint density at radius 2 is 1.44 bits per heavy atom. The summed E-state index contributed by atoms with van der Waals surface area (Å²) in [7, 11) is 0. The molecular formula is C23H19NO. The van der Waals surface area contributed by atoms with Crippen LogP contribution < -0.4 is 4.90 Å². The van der Waals surface area contributed by atoms with Crippen LogP contribution in [-0.4, -0.2) is 12.3 Å². The molecule has 3 aromatic rings. The van der Waals surface area contributed by atoms with Gasteiger partial charge in [0.1, 0.15) is 0 Å². The molecule has 0 N–H and O–H groups in total. The number of hydrogen-bond acceptors (Lipinski definition) is 2. The minimum Gasteiger partial charge on any atom is -0.362 e. The molecule has 0 saturated heterocycles. The van der Waals surface area contributed by atoms with Crippen molar-refractivity contribution < 1.29 is 4.79 Å². The number of fused-ring (bicyclic) bond motifs is 1. The number of hydrogen-bond donors (Lipinski definition) is 0. The molecule has 4 rings (SSSR count). The van der Waals surface area contributed by atoms with E-state index in [-0.39, 0.29) is 5.78 Å². The fraction of sp³-hybridized carbons (Fsp3) is 0.0870. The van der Waals surface area contributed by atoms with Crippen molar-refractivity contribution in [1.29, 1.82) is 0 Å². The maximum Gasteiger partial charge on any atom is 0.192 e. The van der Waals surface area contributed by atoms with Crippen molar-refractivity contribution in [2.45, 2.75) is 6.54 Å². The van der Waals surface area contributed by atoms with E-state index >= 15 is 0 Å². The van der Waals surface area contributed by atoms with E-state index in [1.807, 2.05) is 66.7 Å². The number of carbonyl (C=O) groups is 1. The van der Waals surface area contributed by atoms with E-state index in [2.05, 4.69) is 29.2 Å². The lowest BCUT2D eigenvalue weighted by molar-refractivity contribution is 0.103. The Morgan fingerprint density at radius 3 is 2.20 bits per heavy atom. The third-order valence-electron chi connectivity index (χ3n) is 4.50. The molecular weight excluding hydrogens is 306 g/mol. The summed E-state index contributed by atoms with van der Waals surface area (Å²) in [5, 5.41) is 0. The number of carbonyl (C=O) groups excluding carboxylic acids is 1. The number of rotatable bonds is 3. The average Bonchev–Trinajstić information content (AvgIpc) is 2.67. The lowest BCUT2D eigenvalue weighted by atomic mass is 9.94. The van der Waals surface area contributed by atoms with Crippen molar-refractivity contribution in [2.24, 2.45) is 0 Å². The van der Waals surface area contributed by atoms with Crippen LogP contribution in [0.25, 0.3) is 6.08 Å². The van der Waals surface area contributed by atoms with Gasteiger partial charge >= 0.3 is 0 Å². The maximum absolute atomic E-state index is 12.9. The molecule has 1 aliphatic rings. The van der Waals surface area contributed by atoms with Crippen molar-refractivity contribution in [1.82, 2.24) is 0 Å². The molecule has 0 saturated carbocycles. The number of nitrogens with zero attached hydrogens (tertiary/aromatic N) is 1. The molecule has 25 heavy (non-hydrogen) atoms. The predicted molar refractivity (Wildman–Crippen MR) is 103 cm³/mol. The van der Waals surface area contributed by atoms with Crippen LogP contribution in [0.4, 0.5) is 5.69 Å². The molecule has 3 aromatic carbocycles. The molecule has 0 amide bonds. The van der Waals surface area contributed by atoms with E-state index in [0.29, 0.717) is 6.54 Å². The lowest BCUT2D eigenvalue weighted by Crippen LogP contribution is -2.33. The highest BCUT2D eigenvalue weighted by atomic mass is 16.1. The highest BCUT2D eigenvalue weighted by Gasteiger charge is 2.26. The second-order valence-corrected chi connectivity index (χ2v) is 6.27. The standard InChI is InChI=1S/C23H19NO/c25-23-20(15-18-9-3-1-4-10-18)17-24(16-19-11-5-2-6-12-19)22-14-8-7-13-21(22)23/h1-15H,16-17H2/b20-15-. The van der Waals surface area contributed by atoms with E-state index in [4.69, 9.17) is 0 Å². The van der Waals surface area contributed by atoms with E-state index in [1.54, 1.807) is 0 Å². The Morgan fingerprint density at radius 1 is 0.800 bits per heavy atom. The molecule has 0 aromatic heterocycles. The molecule has 2 nitrogen and oxygen atoms in total. The first-order chi connectivity index (χ1) is 12.3. The van der Waals surface area contributed by atoms with Gasteiger partial charge in [0.25, 0.3) is 0 Å². The van der Waals surface area contributed by atoms with Gasteiger partial charge in [0.15, 0.2) is 5.78 Å². The molecule has 122 valence electrons. The minimum absolute atomic E-state index is 0.128. The maximum atomic E-state index is 12.9. The van der Waals surface area contributed by atoms with Crippen LogP contribution in [0.1, 0.15) is 21.5 Å². The zero-order chi connectivity index (χ0) is 17.1. The lowest BCUT2D eigenvalue weighted by Gasteiger charge is -2.32. The quantitative estimate of drug-likeness (QED) is 0.633. The smallest absolute Gasteiger partial charge is 0.192 e. The topological polar surface area (TPSA) is 20.3 Å². The minimum atomic E-state index is 0.128. The van der Waals surface area contributed by atoms with Gasteiger partial charge in [0, 0.05) is 29.9 Å². The number of Topliss-reactive ketones (excluding diaryl/α,β-unsaturated/α-hetero) is 1. The summed E-state index contributed by atoms with van der Waals surface area (Å²) in [5.74, 6) is 0.128. The normalized spacial score (nSPS) is 15.3. The second-order valence-electron chi connectivity index (χ2n) is 6.27. The zero-order valence-corrected chi connectivity index (χ0v) is 13.9. The van der Waals surface area contributed by atoms with Gasteiger partial charge in [-0.15, -0.1) is 0 Å². The third-order valence-corrected chi connectivity index (χ3v) is 4.50. The van der Waals surface area contributed by atoms with Crippen LogP contribution in [0.3, 0.4) is 0 Å². The molecule has 0 radical (unpaired) electrons. The van der Waals surface area contributed by atoms with Crippen molar-refractivity contribution in [3.8, 4) is 0 Å². The van der Waals surface area contributed by atoms with E-state index < -0.39 is 0 Å². The summed E-state index contributed by atoms with van der Waals surface area (Å²) >= 11 is 0. The van der Waals surface area contributed by atoms with Gasteiger partial charge in [0.2, 0.25) is 0 Å². The fourth-order valence-corrected chi connectivity index (χ4v) is 3.28. The molecule has 2 heteroatoms. The Hall–Kier alpha value is -3.13. The summed E-state index contributed by atoms with van der Waals surface area (Å²) in [6, 6.07) is 28.3. The first-order valence-electron chi connectivity index (χ1n) is 8.49. The molecule has 0 spiro atoms. The van der Waals surface area contributed by atoms with Gasteiger partial charge in [-0.05, 0) is 29.3 Å². The second kappa shape index (κ2) is 6.78. The van der Waals surface area contributed by atoms with Gasteiger partial charge in [-0.2, -0.15) is 0 Å². The summed E-state index contributed by atoms with van der Waals surface area (Å²) in [4.78, 5) is 15.2. The van der Waals surface area contributed by atoms with Gasteiger partial charge in [-0.1, -0.05) is 72.8 Å². The van der Waals surface area contributed by atoms with Gasteiger partial charge in [0.05, 0.1) is 0 Å². The van der Waals surface area contributed by atoms with Crippen LogP contribution in [0.5, 0.6) is 0 Å². The highest BCUT2D eigenvalue weighted by Crippen LogP contribution is 2.31. The van der Waals surface area contributed by atoms with Crippen LogP contribution in [0, 0.1) is 0 Å². The van der Waals surface area contributed by atoms with Crippen LogP contribution >= 0.6 is 0 Å². The van der Waals surface area contributed by atoms with Crippen LogP contribution in [0.15, 0.2) is 90.5 Å². The largest absolute Gasteiger partial charge is 0.362 e. The monoisotopic (exact) mass is 325 g/mol. The summed E-state index contributed by atoms with van der Waals surface area (Å²) in [6.07, 6.45) is 2.01. The fourth-order valence-electron chi connectivity index (χ4n) is 3.28. The summed E-state index contributed by atoms with van der Waals surface area (Å²) in [5.41, 5.74) is 4.94.